The summed E-state index contributed by atoms with van der Waals surface area (Å²) < 4.78 is 21.4. The quantitative estimate of drug-likeness (QED) is 0.865. The summed E-state index contributed by atoms with van der Waals surface area (Å²) in [5.41, 5.74) is 2.35. The number of aliphatic hydroxyl groups excluding tert-OH is 1. The Balaban J connectivity index is 1.87. The first-order valence-electron chi connectivity index (χ1n) is 6.84. The van der Waals surface area contributed by atoms with Gasteiger partial charge in [-0.1, -0.05) is 12.1 Å². The fraction of sp³-hybridized carbons (Fsp3) is 0.400. The minimum absolute atomic E-state index is 0.0275. The Kier molecular flexibility index (Phi) is 2.65. The molecule has 2 aliphatic rings. The second-order valence-corrected chi connectivity index (χ2v) is 5.43. The van der Waals surface area contributed by atoms with E-state index < -0.39 is 6.10 Å². The molecule has 1 aromatic heterocycles. The molecule has 104 valence electrons. The number of ether oxygens (including phenoxy) is 1. The standard InChI is InChI=1S/C15H15FN2O2/c16-11-3-1-2-10-14(11)12-6-17-8-18(12)15(10)9-4-5-20-7-13(9)19/h1-3,6,8-9,13,15,19H,4-5,7H2/t9-,13-,15+/m0/s1. The molecule has 1 aromatic carbocycles. The molecule has 5 heteroatoms. The molecule has 20 heavy (non-hydrogen) atoms. The zero-order chi connectivity index (χ0) is 13.7. The first-order valence-corrected chi connectivity index (χ1v) is 6.84. The van der Waals surface area contributed by atoms with E-state index >= 15 is 0 Å². The Morgan fingerprint density at radius 1 is 1.40 bits per heavy atom. The average molecular weight is 274 g/mol. The van der Waals surface area contributed by atoms with Crippen molar-refractivity contribution in [2.45, 2.75) is 18.6 Å². The lowest BCUT2D eigenvalue weighted by molar-refractivity contribution is -0.0540. The maximum Gasteiger partial charge on any atom is 0.132 e. The number of benzene rings is 1. The third-order valence-corrected chi connectivity index (χ3v) is 4.37. The van der Waals surface area contributed by atoms with Gasteiger partial charge >= 0.3 is 0 Å². The summed E-state index contributed by atoms with van der Waals surface area (Å²) in [5, 5.41) is 10.2. The van der Waals surface area contributed by atoms with Gasteiger partial charge in [-0.3, -0.25) is 0 Å². The van der Waals surface area contributed by atoms with Crippen LogP contribution in [0.15, 0.2) is 30.7 Å². The number of hydrogen-bond donors (Lipinski definition) is 1. The lowest BCUT2D eigenvalue weighted by Gasteiger charge is -2.33. The minimum atomic E-state index is -0.529. The van der Waals surface area contributed by atoms with E-state index in [9.17, 15) is 9.50 Å². The monoisotopic (exact) mass is 274 g/mol. The van der Waals surface area contributed by atoms with Gasteiger partial charge in [0, 0.05) is 18.1 Å². The molecule has 3 atom stereocenters. The van der Waals surface area contributed by atoms with E-state index in [1.165, 1.54) is 6.07 Å². The van der Waals surface area contributed by atoms with E-state index in [1.807, 2.05) is 10.6 Å². The van der Waals surface area contributed by atoms with Crippen LogP contribution in [-0.2, 0) is 4.74 Å². The van der Waals surface area contributed by atoms with Crippen LogP contribution in [0.3, 0.4) is 0 Å². The van der Waals surface area contributed by atoms with Crippen LogP contribution in [0.2, 0.25) is 0 Å². The molecule has 0 amide bonds. The van der Waals surface area contributed by atoms with Crippen molar-refractivity contribution in [3.05, 3.63) is 42.1 Å². The van der Waals surface area contributed by atoms with Crippen LogP contribution in [0.25, 0.3) is 11.3 Å². The maximum atomic E-state index is 14.2. The highest BCUT2D eigenvalue weighted by Gasteiger charge is 2.40. The third-order valence-electron chi connectivity index (χ3n) is 4.37. The number of hydrogen-bond acceptors (Lipinski definition) is 3. The predicted molar refractivity (Wildman–Crippen MR) is 70.7 cm³/mol. The summed E-state index contributed by atoms with van der Waals surface area (Å²) in [5.74, 6) is -0.201. The van der Waals surface area contributed by atoms with Crippen molar-refractivity contribution in [3.8, 4) is 11.3 Å². The smallest absolute Gasteiger partial charge is 0.132 e. The number of aliphatic hydroxyl groups is 1. The highest BCUT2D eigenvalue weighted by Crippen LogP contribution is 2.46. The average Bonchev–Trinajstić information content (AvgIpc) is 3.00. The molecule has 3 heterocycles. The lowest BCUT2D eigenvalue weighted by atomic mass is 9.85. The van der Waals surface area contributed by atoms with Gasteiger partial charge in [-0.2, -0.15) is 0 Å². The van der Waals surface area contributed by atoms with Gasteiger partial charge in [-0.25, -0.2) is 9.37 Å². The fourth-order valence-electron chi connectivity index (χ4n) is 3.47. The molecule has 0 saturated carbocycles. The molecule has 2 aliphatic heterocycles. The minimum Gasteiger partial charge on any atom is -0.390 e. The van der Waals surface area contributed by atoms with Crippen molar-refractivity contribution in [1.29, 1.82) is 0 Å². The highest BCUT2D eigenvalue weighted by atomic mass is 19.1. The van der Waals surface area contributed by atoms with Crippen molar-refractivity contribution < 1.29 is 14.2 Å². The van der Waals surface area contributed by atoms with Crippen molar-refractivity contribution in [2.24, 2.45) is 5.92 Å². The van der Waals surface area contributed by atoms with Gasteiger partial charge in [-0.05, 0) is 18.1 Å². The molecule has 0 aliphatic carbocycles. The molecule has 1 saturated heterocycles. The van der Waals surface area contributed by atoms with Gasteiger partial charge in [0.2, 0.25) is 0 Å². The zero-order valence-electron chi connectivity index (χ0n) is 10.9. The summed E-state index contributed by atoms with van der Waals surface area (Å²) in [6.45, 7) is 0.975. The largest absolute Gasteiger partial charge is 0.390 e. The Morgan fingerprint density at radius 2 is 2.30 bits per heavy atom. The second kappa shape index (κ2) is 4.40. The molecule has 4 nitrogen and oxygen atoms in total. The van der Waals surface area contributed by atoms with Gasteiger partial charge in [0.25, 0.3) is 0 Å². The van der Waals surface area contributed by atoms with Gasteiger partial charge in [0.15, 0.2) is 0 Å². The van der Waals surface area contributed by atoms with Crippen molar-refractivity contribution in [3.63, 3.8) is 0 Å². The van der Waals surface area contributed by atoms with Crippen molar-refractivity contribution in [2.75, 3.05) is 13.2 Å². The Hall–Kier alpha value is -1.72. The predicted octanol–water partition coefficient (Wildman–Crippen LogP) is 1.99. The van der Waals surface area contributed by atoms with Crippen LogP contribution < -0.4 is 0 Å². The first kappa shape index (κ1) is 12.1. The van der Waals surface area contributed by atoms with Gasteiger partial charge in [0.05, 0.1) is 37.0 Å². The summed E-state index contributed by atoms with van der Waals surface area (Å²) in [7, 11) is 0. The van der Waals surface area contributed by atoms with Gasteiger partial charge in [0.1, 0.15) is 5.82 Å². The number of halogens is 1. The normalized spacial score (nSPS) is 28.2. The Morgan fingerprint density at radius 3 is 3.15 bits per heavy atom. The van der Waals surface area contributed by atoms with Crippen LogP contribution in [-0.4, -0.2) is 34.0 Å². The Bertz CT molecular complexity index is 655. The van der Waals surface area contributed by atoms with E-state index in [1.54, 1.807) is 18.6 Å². The summed E-state index contributed by atoms with van der Waals surface area (Å²) in [6, 6.07) is 5.08. The number of imidazole rings is 1. The van der Waals surface area contributed by atoms with Crippen molar-refractivity contribution >= 4 is 0 Å². The molecular formula is C15H15FN2O2. The second-order valence-electron chi connectivity index (χ2n) is 5.43. The van der Waals surface area contributed by atoms with Gasteiger partial charge < -0.3 is 14.4 Å². The molecule has 1 fully saturated rings. The van der Waals surface area contributed by atoms with Crippen LogP contribution >= 0.6 is 0 Å². The number of fused-ring (bicyclic) bond motifs is 3. The van der Waals surface area contributed by atoms with Crippen LogP contribution in [0.4, 0.5) is 4.39 Å². The molecule has 0 spiro atoms. The Labute approximate surface area is 115 Å². The molecule has 0 radical (unpaired) electrons. The molecule has 2 aromatic rings. The summed E-state index contributed by atoms with van der Waals surface area (Å²) in [6.07, 6.45) is 3.65. The highest BCUT2D eigenvalue weighted by molar-refractivity contribution is 5.69. The topological polar surface area (TPSA) is 47.3 Å². The molecule has 0 unspecified atom stereocenters. The van der Waals surface area contributed by atoms with Crippen molar-refractivity contribution in [1.82, 2.24) is 9.55 Å². The van der Waals surface area contributed by atoms with Crippen LogP contribution in [0.1, 0.15) is 18.0 Å². The molecule has 4 rings (SSSR count). The van der Waals surface area contributed by atoms with Crippen LogP contribution in [0, 0.1) is 11.7 Å². The SMILES string of the molecule is O[C@H]1COCC[C@@H]1[C@@H]1c2cccc(F)c2-c2cncn21. The van der Waals surface area contributed by atoms with Gasteiger partial charge in [-0.15, -0.1) is 0 Å². The zero-order valence-corrected chi connectivity index (χ0v) is 10.9. The van der Waals surface area contributed by atoms with E-state index in [2.05, 4.69) is 4.98 Å². The molecule has 0 bridgehead atoms. The first-order chi connectivity index (χ1) is 9.77. The number of nitrogens with zero attached hydrogens (tertiary/aromatic N) is 2. The summed E-state index contributed by atoms with van der Waals surface area (Å²) >= 11 is 0. The number of aromatic nitrogens is 2. The van der Waals surface area contributed by atoms with E-state index in [4.69, 9.17) is 4.74 Å². The third kappa shape index (κ3) is 1.57. The van der Waals surface area contributed by atoms with E-state index in [0.29, 0.717) is 18.8 Å². The fourth-order valence-corrected chi connectivity index (χ4v) is 3.47. The molecule has 1 N–H and O–H groups in total. The summed E-state index contributed by atoms with van der Waals surface area (Å²) in [4.78, 5) is 4.14. The van der Waals surface area contributed by atoms with E-state index in [0.717, 1.165) is 17.7 Å². The molecular weight excluding hydrogens is 259 g/mol. The lowest BCUT2D eigenvalue weighted by Crippen LogP contribution is -2.37. The van der Waals surface area contributed by atoms with Crippen LogP contribution in [0.5, 0.6) is 0 Å². The number of rotatable bonds is 1. The maximum absolute atomic E-state index is 14.2. The van der Waals surface area contributed by atoms with E-state index in [-0.39, 0.29) is 17.8 Å².